The first-order chi connectivity index (χ1) is 13.8. The van der Waals surface area contributed by atoms with E-state index < -0.39 is 0 Å². The third-order valence-electron chi connectivity index (χ3n) is 5.60. The Balaban J connectivity index is 1.63. The third kappa shape index (κ3) is 4.26. The topological polar surface area (TPSA) is 106 Å². The molecule has 156 valence electrons. The second-order valence-electron chi connectivity index (χ2n) is 7.50. The minimum absolute atomic E-state index is 0.132. The quantitative estimate of drug-likeness (QED) is 0.606. The number of aryl methyl sites for hydroxylation is 3. The summed E-state index contributed by atoms with van der Waals surface area (Å²) in [6, 6.07) is 1.91. The molecule has 0 aromatic carbocycles. The van der Waals surface area contributed by atoms with Crippen molar-refractivity contribution in [2.75, 3.05) is 0 Å². The van der Waals surface area contributed by atoms with Crippen LogP contribution in [-0.4, -0.2) is 25.8 Å². The van der Waals surface area contributed by atoms with Gasteiger partial charge >= 0.3 is 0 Å². The molecule has 0 aliphatic carbocycles. The number of H-pyrrole nitrogens is 1. The molecule has 0 bridgehead atoms. The summed E-state index contributed by atoms with van der Waals surface area (Å²) < 4.78 is 7.00. The van der Waals surface area contributed by atoms with Crippen molar-refractivity contribution < 1.29 is 9.32 Å². The predicted octanol–water partition coefficient (Wildman–Crippen LogP) is 3.02. The van der Waals surface area contributed by atoms with Crippen molar-refractivity contribution in [1.29, 1.82) is 0 Å². The van der Waals surface area contributed by atoms with Crippen LogP contribution in [0.4, 0.5) is 0 Å². The van der Waals surface area contributed by atoms with E-state index in [4.69, 9.17) is 4.52 Å². The van der Waals surface area contributed by atoms with E-state index in [2.05, 4.69) is 34.4 Å². The van der Waals surface area contributed by atoms with Crippen LogP contribution in [0.15, 0.2) is 15.4 Å². The number of pyridine rings is 1. The Morgan fingerprint density at radius 3 is 2.72 bits per heavy atom. The fourth-order valence-corrected chi connectivity index (χ4v) is 3.88. The first-order valence-corrected chi connectivity index (χ1v) is 10.1. The van der Waals surface area contributed by atoms with Gasteiger partial charge in [0.15, 0.2) is 5.76 Å². The molecule has 0 aliphatic heterocycles. The van der Waals surface area contributed by atoms with E-state index in [-0.39, 0.29) is 17.9 Å². The summed E-state index contributed by atoms with van der Waals surface area (Å²) in [6.07, 6.45) is 2.60. The lowest BCUT2D eigenvalue weighted by atomic mass is 9.99. The summed E-state index contributed by atoms with van der Waals surface area (Å²) in [5.74, 6) is 0.887. The number of rotatable bonds is 8. The first kappa shape index (κ1) is 20.8. The highest BCUT2D eigenvalue weighted by atomic mass is 16.5. The van der Waals surface area contributed by atoms with Crippen LogP contribution in [0, 0.1) is 13.8 Å². The number of hydrogen-bond acceptors (Lipinski definition) is 5. The van der Waals surface area contributed by atoms with Crippen LogP contribution in [-0.2, 0) is 24.8 Å². The molecule has 0 unspecified atom stereocenters. The van der Waals surface area contributed by atoms with E-state index >= 15 is 0 Å². The van der Waals surface area contributed by atoms with Gasteiger partial charge < -0.3 is 14.8 Å². The fraction of sp³-hybridized carbons (Fsp3) is 0.524. The molecule has 3 heterocycles. The van der Waals surface area contributed by atoms with Gasteiger partial charge in [0, 0.05) is 36.4 Å². The average molecular weight is 399 g/mol. The van der Waals surface area contributed by atoms with Gasteiger partial charge in [-0.15, -0.1) is 0 Å². The molecule has 0 radical (unpaired) electrons. The van der Waals surface area contributed by atoms with Gasteiger partial charge in [-0.05, 0) is 38.7 Å². The Hall–Kier alpha value is -2.90. The predicted molar refractivity (Wildman–Crippen MR) is 111 cm³/mol. The molecule has 0 saturated carbocycles. The van der Waals surface area contributed by atoms with Crippen LogP contribution in [0.5, 0.6) is 0 Å². The lowest BCUT2D eigenvalue weighted by molar-refractivity contribution is -0.121. The summed E-state index contributed by atoms with van der Waals surface area (Å²) in [4.78, 5) is 27.7. The average Bonchev–Trinajstić information content (AvgIpc) is 3.25. The van der Waals surface area contributed by atoms with Crippen molar-refractivity contribution in [2.45, 2.75) is 65.8 Å². The molecule has 3 aromatic heterocycles. The molecular weight excluding hydrogens is 370 g/mol. The van der Waals surface area contributed by atoms with Gasteiger partial charge in [-0.2, -0.15) is 5.10 Å². The normalized spacial score (nSPS) is 11.5. The number of aromatic nitrogens is 4. The Morgan fingerprint density at radius 2 is 2.03 bits per heavy atom. The van der Waals surface area contributed by atoms with Crippen molar-refractivity contribution >= 4 is 16.9 Å². The number of aromatic amines is 1. The van der Waals surface area contributed by atoms with Crippen molar-refractivity contribution in [3.63, 3.8) is 0 Å². The first-order valence-electron chi connectivity index (χ1n) is 10.1. The second kappa shape index (κ2) is 8.63. The number of fused-ring (bicyclic) bond motifs is 1. The number of carbonyl (C=O) groups excluding carboxylic acids is 1. The van der Waals surface area contributed by atoms with Gasteiger partial charge in [0.05, 0.1) is 17.9 Å². The molecule has 0 atom stereocenters. The molecule has 3 rings (SSSR count). The zero-order valence-electron chi connectivity index (χ0n) is 17.8. The maximum absolute atomic E-state index is 12.5. The Bertz CT molecular complexity index is 1070. The Kier molecular flexibility index (Phi) is 6.20. The van der Waals surface area contributed by atoms with Crippen LogP contribution in [0.25, 0.3) is 11.0 Å². The second-order valence-corrected chi connectivity index (χ2v) is 7.50. The number of carbonyl (C=O) groups is 1. The SMILES string of the molecule is CCC(CC)c1cc(CNC(=O)CCc2c(C)c3c(C)nn(C)c3[nH]c2=O)on1. The van der Waals surface area contributed by atoms with Crippen LogP contribution < -0.4 is 10.9 Å². The van der Waals surface area contributed by atoms with Gasteiger partial charge in [0.1, 0.15) is 5.65 Å². The van der Waals surface area contributed by atoms with Gasteiger partial charge in [-0.25, -0.2) is 0 Å². The van der Waals surface area contributed by atoms with E-state index in [0.29, 0.717) is 35.9 Å². The minimum atomic E-state index is -0.171. The van der Waals surface area contributed by atoms with E-state index in [1.54, 1.807) is 11.7 Å². The van der Waals surface area contributed by atoms with E-state index in [9.17, 15) is 9.59 Å². The van der Waals surface area contributed by atoms with E-state index in [1.165, 1.54) is 0 Å². The molecular formula is C21H29N5O3. The smallest absolute Gasteiger partial charge is 0.253 e. The third-order valence-corrected chi connectivity index (χ3v) is 5.60. The Morgan fingerprint density at radius 1 is 1.31 bits per heavy atom. The maximum Gasteiger partial charge on any atom is 0.253 e. The standard InChI is InChI=1S/C21H29N5O3/c1-6-14(7-2)17-10-15(29-25-17)11-22-18(27)9-8-16-12(3)19-13(4)24-26(5)20(19)23-21(16)28/h10,14H,6-9,11H2,1-5H3,(H,22,27)(H,23,28). The monoisotopic (exact) mass is 399 g/mol. The zero-order chi connectivity index (χ0) is 21.1. The number of nitrogens with zero attached hydrogens (tertiary/aromatic N) is 3. The zero-order valence-corrected chi connectivity index (χ0v) is 17.8. The molecule has 8 nitrogen and oxygen atoms in total. The summed E-state index contributed by atoms with van der Waals surface area (Å²) in [5.41, 5.74) is 3.83. The number of nitrogens with one attached hydrogen (secondary N) is 2. The highest BCUT2D eigenvalue weighted by molar-refractivity contribution is 5.83. The van der Waals surface area contributed by atoms with Gasteiger partial charge in [-0.1, -0.05) is 19.0 Å². The van der Waals surface area contributed by atoms with Crippen molar-refractivity contribution in [1.82, 2.24) is 25.2 Å². The van der Waals surface area contributed by atoms with Crippen molar-refractivity contribution in [2.24, 2.45) is 7.05 Å². The largest absolute Gasteiger partial charge is 0.359 e. The highest BCUT2D eigenvalue weighted by Gasteiger charge is 2.17. The molecule has 0 fully saturated rings. The molecule has 1 amide bonds. The molecule has 8 heteroatoms. The molecule has 0 aliphatic rings. The molecule has 0 saturated heterocycles. The van der Waals surface area contributed by atoms with Crippen LogP contribution in [0.1, 0.15) is 67.3 Å². The molecule has 2 N–H and O–H groups in total. The minimum Gasteiger partial charge on any atom is -0.359 e. The summed E-state index contributed by atoms with van der Waals surface area (Å²) >= 11 is 0. The van der Waals surface area contributed by atoms with Crippen molar-refractivity contribution in [3.8, 4) is 0 Å². The summed E-state index contributed by atoms with van der Waals surface area (Å²) in [5, 5.41) is 12.3. The molecule has 0 spiro atoms. The molecule has 3 aromatic rings. The Labute approximate surface area is 169 Å². The highest BCUT2D eigenvalue weighted by Crippen LogP contribution is 2.23. The number of hydrogen-bond donors (Lipinski definition) is 2. The van der Waals surface area contributed by atoms with Crippen LogP contribution >= 0.6 is 0 Å². The van der Waals surface area contributed by atoms with Crippen molar-refractivity contribution in [3.05, 3.63) is 44.7 Å². The summed E-state index contributed by atoms with van der Waals surface area (Å²) in [6.45, 7) is 8.36. The van der Waals surface area contributed by atoms with E-state index in [0.717, 1.165) is 35.2 Å². The fourth-order valence-electron chi connectivity index (χ4n) is 3.88. The van der Waals surface area contributed by atoms with Crippen LogP contribution in [0.2, 0.25) is 0 Å². The summed E-state index contributed by atoms with van der Waals surface area (Å²) in [7, 11) is 1.80. The van der Waals surface area contributed by atoms with Gasteiger partial charge in [-0.3, -0.25) is 14.3 Å². The lowest BCUT2D eigenvalue weighted by Crippen LogP contribution is -2.24. The van der Waals surface area contributed by atoms with Crippen LogP contribution in [0.3, 0.4) is 0 Å². The lowest BCUT2D eigenvalue weighted by Gasteiger charge is -2.07. The van der Waals surface area contributed by atoms with Gasteiger partial charge in [0.2, 0.25) is 5.91 Å². The van der Waals surface area contributed by atoms with Gasteiger partial charge in [0.25, 0.3) is 5.56 Å². The maximum atomic E-state index is 12.5. The van der Waals surface area contributed by atoms with E-state index in [1.807, 2.05) is 19.9 Å². The molecule has 29 heavy (non-hydrogen) atoms. The number of amides is 1.